The van der Waals surface area contributed by atoms with E-state index in [0.29, 0.717) is 12.1 Å². The second kappa shape index (κ2) is 5.50. The predicted octanol–water partition coefficient (Wildman–Crippen LogP) is 2.15. The molecule has 1 unspecified atom stereocenters. The van der Waals surface area contributed by atoms with Crippen LogP contribution in [0.3, 0.4) is 0 Å². The maximum absolute atomic E-state index is 12.5. The summed E-state index contributed by atoms with van der Waals surface area (Å²) in [6.45, 7) is 7.45. The van der Waals surface area contributed by atoms with Gasteiger partial charge in [0.25, 0.3) is 0 Å². The molecule has 5 heteroatoms. The van der Waals surface area contributed by atoms with Gasteiger partial charge >= 0.3 is 5.97 Å². The van der Waals surface area contributed by atoms with Crippen molar-refractivity contribution in [1.29, 1.82) is 0 Å². The molecule has 0 aliphatic carbocycles. The van der Waals surface area contributed by atoms with E-state index in [1.807, 2.05) is 10.6 Å². The lowest BCUT2D eigenvalue weighted by Crippen LogP contribution is -2.39. The molecule has 3 heterocycles. The molecular formula is C17H20N2O3. The van der Waals surface area contributed by atoms with Crippen molar-refractivity contribution in [3.05, 3.63) is 50.7 Å². The van der Waals surface area contributed by atoms with Crippen molar-refractivity contribution in [2.45, 2.75) is 39.8 Å². The molecule has 0 spiro atoms. The van der Waals surface area contributed by atoms with Crippen LogP contribution in [-0.4, -0.2) is 28.6 Å². The van der Waals surface area contributed by atoms with Crippen LogP contribution in [0.5, 0.6) is 0 Å². The molecule has 22 heavy (non-hydrogen) atoms. The zero-order chi connectivity index (χ0) is 15.9. The molecule has 5 nitrogen and oxygen atoms in total. The predicted molar refractivity (Wildman–Crippen MR) is 82.7 cm³/mol. The molecule has 0 fully saturated rings. The first kappa shape index (κ1) is 14.7. The van der Waals surface area contributed by atoms with E-state index in [2.05, 4.69) is 17.6 Å². The van der Waals surface area contributed by atoms with Crippen molar-refractivity contribution in [3.63, 3.8) is 0 Å². The third-order valence-corrected chi connectivity index (χ3v) is 4.37. The van der Waals surface area contributed by atoms with Gasteiger partial charge in [-0.25, -0.2) is 4.79 Å². The Morgan fingerprint density at radius 1 is 1.50 bits per heavy atom. The molecule has 0 bridgehead atoms. The van der Waals surface area contributed by atoms with Crippen LogP contribution in [0, 0.1) is 6.92 Å². The number of carbonyl (C=O) groups excluding carboxylic acids is 1. The maximum Gasteiger partial charge on any atom is 0.343 e. The van der Waals surface area contributed by atoms with Crippen LogP contribution >= 0.6 is 0 Å². The topological polar surface area (TPSA) is 51.5 Å². The molecule has 1 aromatic rings. The summed E-state index contributed by atoms with van der Waals surface area (Å²) in [5.74, 6) is -0.547. The number of esters is 1. The van der Waals surface area contributed by atoms with Crippen LogP contribution in [0.25, 0.3) is 0 Å². The number of nitrogens with zero attached hydrogens (tertiary/aromatic N) is 2. The van der Waals surface area contributed by atoms with Gasteiger partial charge < -0.3 is 14.2 Å². The molecule has 0 aromatic carbocycles. The van der Waals surface area contributed by atoms with Crippen molar-refractivity contribution >= 4 is 5.97 Å². The number of ether oxygens (including phenoxy) is 1. The van der Waals surface area contributed by atoms with E-state index in [-0.39, 0.29) is 23.6 Å². The Labute approximate surface area is 129 Å². The van der Waals surface area contributed by atoms with Crippen LogP contribution in [0.2, 0.25) is 0 Å². The Bertz CT molecular complexity index is 754. The Hall–Kier alpha value is -2.26. The summed E-state index contributed by atoms with van der Waals surface area (Å²) >= 11 is 0. The number of hydrogen-bond donors (Lipinski definition) is 0. The number of pyridine rings is 1. The maximum atomic E-state index is 12.5. The molecule has 2 aliphatic rings. The zero-order valence-corrected chi connectivity index (χ0v) is 13.2. The summed E-state index contributed by atoms with van der Waals surface area (Å²) in [6, 6.07) is 0.105. The minimum atomic E-state index is -0.547. The van der Waals surface area contributed by atoms with Gasteiger partial charge in [-0.2, -0.15) is 0 Å². The number of aromatic nitrogens is 1. The van der Waals surface area contributed by atoms with Crippen LogP contribution in [0.1, 0.15) is 47.9 Å². The lowest BCUT2D eigenvalue weighted by Gasteiger charge is -2.40. The minimum absolute atomic E-state index is 0.105. The third-order valence-electron chi connectivity index (χ3n) is 4.37. The third kappa shape index (κ3) is 2.18. The van der Waals surface area contributed by atoms with Gasteiger partial charge in [0.15, 0.2) is 5.43 Å². The Morgan fingerprint density at radius 2 is 2.27 bits per heavy atom. The van der Waals surface area contributed by atoms with E-state index in [4.69, 9.17) is 4.74 Å². The SMILES string of the molecule is CCOC(=O)c1cn2c(c(C)c1=O)C(C)N1CCC=C=C1C2. The highest BCUT2D eigenvalue weighted by atomic mass is 16.5. The molecule has 2 aliphatic heterocycles. The molecule has 3 rings (SSSR count). The lowest BCUT2D eigenvalue weighted by atomic mass is 9.99. The fourth-order valence-corrected chi connectivity index (χ4v) is 3.34. The summed E-state index contributed by atoms with van der Waals surface area (Å²) in [5.41, 5.74) is 5.90. The Balaban J connectivity index is 2.16. The molecule has 1 aromatic heterocycles. The first-order valence-electron chi connectivity index (χ1n) is 7.66. The first-order chi connectivity index (χ1) is 10.5. The van der Waals surface area contributed by atoms with Crippen LogP contribution in [0.4, 0.5) is 0 Å². The normalized spacial score (nSPS) is 19.3. The molecule has 0 N–H and O–H groups in total. The summed E-state index contributed by atoms with van der Waals surface area (Å²) in [6.07, 6.45) is 4.66. The average molecular weight is 300 g/mol. The Kier molecular flexibility index (Phi) is 3.67. The minimum Gasteiger partial charge on any atom is -0.462 e. The Morgan fingerprint density at radius 3 is 3.00 bits per heavy atom. The molecule has 0 saturated heterocycles. The smallest absolute Gasteiger partial charge is 0.343 e. The van der Waals surface area contributed by atoms with Gasteiger partial charge in [0, 0.05) is 24.0 Å². The monoisotopic (exact) mass is 300 g/mol. The van der Waals surface area contributed by atoms with Crippen molar-refractivity contribution < 1.29 is 9.53 Å². The van der Waals surface area contributed by atoms with Gasteiger partial charge in [0.2, 0.25) is 0 Å². The highest BCUT2D eigenvalue weighted by molar-refractivity contribution is 5.89. The first-order valence-corrected chi connectivity index (χ1v) is 7.66. The summed E-state index contributed by atoms with van der Waals surface area (Å²) < 4.78 is 6.99. The standard InChI is InChI=1S/C17H20N2O3/c1-4-22-17(21)14-10-18-9-13-7-5-6-8-19(13)12(3)15(18)11(2)16(14)20/h5,10,12H,4,6,8-9H2,1-3H3. The van der Waals surface area contributed by atoms with Crippen molar-refractivity contribution in [2.24, 2.45) is 0 Å². The summed E-state index contributed by atoms with van der Waals surface area (Å²) in [7, 11) is 0. The molecule has 0 amide bonds. The second-order valence-electron chi connectivity index (χ2n) is 5.68. The summed E-state index contributed by atoms with van der Waals surface area (Å²) in [5, 5.41) is 0. The van der Waals surface area contributed by atoms with E-state index >= 15 is 0 Å². The fourth-order valence-electron chi connectivity index (χ4n) is 3.34. The molecule has 0 saturated carbocycles. The number of hydrogen-bond acceptors (Lipinski definition) is 4. The largest absolute Gasteiger partial charge is 0.462 e. The molecule has 1 atom stereocenters. The lowest BCUT2D eigenvalue weighted by molar-refractivity contribution is 0.0523. The van der Waals surface area contributed by atoms with E-state index in [1.165, 1.54) is 0 Å². The van der Waals surface area contributed by atoms with Crippen molar-refractivity contribution in [2.75, 3.05) is 13.2 Å². The number of fused-ring (bicyclic) bond motifs is 2. The highest BCUT2D eigenvalue weighted by Gasteiger charge is 2.31. The van der Waals surface area contributed by atoms with E-state index < -0.39 is 5.97 Å². The van der Waals surface area contributed by atoms with Gasteiger partial charge in [-0.1, -0.05) is 0 Å². The second-order valence-corrected chi connectivity index (χ2v) is 5.68. The van der Waals surface area contributed by atoms with Crippen LogP contribution in [-0.2, 0) is 11.3 Å². The van der Waals surface area contributed by atoms with Crippen LogP contribution < -0.4 is 5.43 Å². The molecule has 0 radical (unpaired) electrons. The molecule has 116 valence electrons. The highest BCUT2D eigenvalue weighted by Crippen LogP contribution is 2.32. The van der Waals surface area contributed by atoms with E-state index in [1.54, 1.807) is 20.0 Å². The van der Waals surface area contributed by atoms with Crippen molar-refractivity contribution in [1.82, 2.24) is 9.47 Å². The van der Waals surface area contributed by atoms with Gasteiger partial charge in [0.05, 0.1) is 24.9 Å². The quantitative estimate of drug-likeness (QED) is 0.620. The van der Waals surface area contributed by atoms with Gasteiger partial charge in [0.1, 0.15) is 5.56 Å². The van der Waals surface area contributed by atoms with Gasteiger partial charge in [-0.05, 0) is 33.3 Å². The van der Waals surface area contributed by atoms with Crippen LogP contribution in [0.15, 0.2) is 28.5 Å². The zero-order valence-electron chi connectivity index (χ0n) is 13.2. The van der Waals surface area contributed by atoms with E-state index in [0.717, 1.165) is 24.4 Å². The summed E-state index contributed by atoms with van der Waals surface area (Å²) in [4.78, 5) is 26.8. The van der Waals surface area contributed by atoms with E-state index in [9.17, 15) is 9.59 Å². The van der Waals surface area contributed by atoms with Crippen molar-refractivity contribution in [3.8, 4) is 0 Å². The average Bonchev–Trinajstić information content (AvgIpc) is 2.51. The number of carbonyl (C=O) groups is 1. The number of rotatable bonds is 2. The molecular weight excluding hydrogens is 280 g/mol. The van der Waals surface area contributed by atoms with Gasteiger partial charge in [-0.15, -0.1) is 5.73 Å². The fraction of sp³-hybridized carbons (Fsp3) is 0.471. The van der Waals surface area contributed by atoms with Gasteiger partial charge in [-0.3, -0.25) is 4.79 Å².